The molecular weight excluding hydrogens is 444 g/mol. The molecule has 1 aromatic heterocycles. The van der Waals surface area contributed by atoms with Gasteiger partial charge in [-0.05, 0) is 48.0 Å². The van der Waals surface area contributed by atoms with Crippen LogP contribution in [0.25, 0.3) is 6.08 Å². The number of rotatable bonds is 6. The number of aromatic nitrogens is 1. The summed E-state index contributed by atoms with van der Waals surface area (Å²) in [5.74, 6) is -0.485. The van der Waals surface area contributed by atoms with Crippen LogP contribution in [-0.2, 0) is 9.59 Å². The van der Waals surface area contributed by atoms with E-state index in [-0.39, 0.29) is 22.8 Å². The molecule has 0 saturated carbocycles. The smallest absolute Gasteiger partial charge is 0.335 e. The minimum Gasteiger partial charge on any atom is -0.497 e. The molecule has 0 atom stereocenters. The van der Waals surface area contributed by atoms with Crippen LogP contribution in [0.5, 0.6) is 17.4 Å². The number of hydrogen-bond donors (Lipinski definition) is 1. The molecule has 1 saturated heterocycles. The van der Waals surface area contributed by atoms with Gasteiger partial charge in [-0.15, -0.1) is 0 Å². The van der Waals surface area contributed by atoms with Crippen LogP contribution in [0.1, 0.15) is 5.56 Å². The number of methoxy groups -OCH3 is 1. The number of carbonyl (C=O) groups excluding carboxylic acids is 3. The summed E-state index contributed by atoms with van der Waals surface area (Å²) in [6.07, 6.45) is 2.44. The Bertz CT molecular complexity index is 1300. The van der Waals surface area contributed by atoms with Gasteiger partial charge in [-0.25, -0.2) is 14.7 Å². The molecule has 11 heteroatoms. The van der Waals surface area contributed by atoms with E-state index in [0.717, 1.165) is 11.1 Å². The van der Waals surface area contributed by atoms with Crippen molar-refractivity contribution in [2.75, 3.05) is 12.0 Å². The van der Waals surface area contributed by atoms with Crippen LogP contribution in [0.15, 0.2) is 72.4 Å². The number of amides is 4. The number of nitrogens with one attached hydrogen (secondary N) is 1. The van der Waals surface area contributed by atoms with Gasteiger partial charge >= 0.3 is 6.03 Å². The maximum Gasteiger partial charge on any atom is 0.335 e. The number of urea groups is 1. The fraction of sp³-hybridized carbons (Fsp3) is 0.0435. The van der Waals surface area contributed by atoms with E-state index in [0.29, 0.717) is 17.1 Å². The fourth-order valence-corrected chi connectivity index (χ4v) is 3.08. The van der Waals surface area contributed by atoms with Crippen molar-refractivity contribution < 1.29 is 28.8 Å². The summed E-state index contributed by atoms with van der Waals surface area (Å²) < 4.78 is 10.6. The Labute approximate surface area is 192 Å². The zero-order valence-corrected chi connectivity index (χ0v) is 17.6. The second-order valence-corrected chi connectivity index (χ2v) is 6.94. The van der Waals surface area contributed by atoms with Crippen molar-refractivity contribution in [3.63, 3.8) is 0 Å². The highest BCUT2D eigenvalue weighted by molar-refractivity contribution is 6.39. The van der Waals surface area contributed by atoms with Gasteiger partial charge in [0.25, 0.3) is 17.5 Å². The molecule has 1 aliphatic rings. The van der Waals surface area contributed by atoms with Crippen molar-refractivity contribution in [3.05, 3.63) is 88.1 Å². The monoisotopic (exact) mass is 460 g/mol. The Hall–Kier alpha value is -5.06. The van der Waals surface area contributed by atoms with Gasteiger partial charge in [-0.3, -0.25) is 25.0 Å². The maximum absolute atomic E-state index is 13.0. The molecule has 0 bridgehead atoms. The minimum atomic E-state index is -0.850. The van der Waals surface area contributed by atoms with Gasteiger partial charge in [0.15, 0.2) is 0 Å². The number of imide groups is 2. The highest BCUT2D eigenvalue weighted by Crippen LogP contribution is 2.26. The van der Waals surface area contributed by atoms with Crippen LogP contribution in [0, 0.1) is 10.1 Å². The zero-order chi connectivity index (χ0) is 24.2. The molecule has 0 aliphatic carbocycles. The van der Waals surface area contributed by atoms with Crippen molar-refractivity contribution in [3.8, 4) is 17.4 Å². The lowest BCUT2D eigenvalue weighted by atomic mass is 10.1. The van der Waals surface area contributed by atoms with E-state index in [2.05, 4.69) is 10.3 Å². The molecule has 11 nitrogen and oxygen atoms in total. The fourth-order valence-electron chi connectivity index (χ4n) is 3.08. The molecule has 1 fully saturated rings. The standard InChI is InChI=1S/C23H16N4O7/c1-33-17-9-4-15(5-10-17)26-22(29)19(21(28)25-23(26)30)12-14-2-7-18(8-3-14)34-20-11-6-16(13-24-20)27(31)32/h2-13H,1H3,(H,25,28,30)/b19-12-. The Morgan fingerprint density at radius 2 is 1.65 bits per heavy atom. The molecule has 0 radical (unpaired) electrons. The maximum atomic E-state index is 13.0. The molecule has 1 aliphatic heterocycles. The number of pyridine rings is 1. The Morgan fingerprint density at radius 1 is 0.971 bits per heavy atom. The van der Waals surface area contributed by atoms with E-state index in [1.54, 1.807) is 36.4 Å². The van der Waals surface area contributed by atoms with E-state index in [9.17, 15) is 24.5 Å². The van der Waals surface area contributed by atoms with Crippen LogP contribution in [0.3, 0.4) is 0 Å². The highest BCUT2D eigenvalue weighted by Gasteiger charge is 2.36. The minimum absolute atomic E-state index is 0.159. The van der Waals surface area contributed by atoms with Gasteiger partial charge in [0.05, 0.1) is 17.7 Å². The normalized spacial score (nSPS) is 14.7. The lowest BCUT2D eigenvalue weighted by molar-refractivity contribution is -0.385. The summed E-state index contributed by atoms with van der Waals surface area (Å²) in [5, 5.41) is 12.9. The number of carbonyl (C=O) groups is 3. The number of anilines is 1. The quantitative estimate of drug-likeness (QED) is 0.255. The van der Waals surface area contributed by atoms with Crippen molar-refractivity contribution in [1.29, 1.82) is 0 Å². The Balaban J connectivity index is 1.53. The average Bonchev–Trinajstić information content (AvgIpc) is 2.83. The molecule has 4 rings (SSSR count). The summed E-state index contributed by atoms with van der Waals surface area (Å²) in [6.45, 7) is 0. The number of benzene rings is 2. The summed E-state index contributed by atoms with van der Waals surface area (Å²) >= 11 is 0. The lowest BCUT2D eigenvalue weighted by Gasteiger charge is -2.26. The van der Waals surface area contributed by atoms with Crippen LogP contribution >= 0.6 is 0 Å². The third kappa shape index (κ3) is 4.58. The summed E-state index contributed by atoms with van der Waals surface area (Å²) in [5.41, 5.74) is 0.403. The van der Waals surface area contributed by atoms with E-state index in [1.807, 2.05) is 0 Å². The molecule has 1 N–H and O–H groups in total. The predicted octanol–water partition coefficient (Wildman–Crippen LogP) is 3.46. The molecule has 2 heterocycles. The van der Waals surface area contributed by atoms with Crippen LogP contribution in [0.2, 0.25) is 0 Å². The molecule has 0 spiro atoms. The SMILES string of the molecule is COc1ccc(N2C(=O)NC(=O)/C(=C/c3ccc(Oc4ccc([N+](=O)[O-])cn4)cc3)C2=O)cc1. The molecule has 2 aromatic carbocycles. The molecule has 170 valence electrons. The Kier molecular flexibility index (Phi) is 5.99. The van der Waals surface area contributed by atoms with Gasteiger partial charge in [0.2, 0.25) is 5.88 Å². The number of nitro groups is 1. The van der Waals surface area contributed by atoms with E-state index >= 15 is 0 Å². The third-order valence-corrected chi connectivity index (χ3v) is 4.78. The number of hydrogen-bond acceptors (Lipinski definition) is 8. The summed E-state index contributed by atoms with van der Waals surface area (Å²) in [6, 6.07) is 14.4. The van der Waals surface area contributed by atoms with Crippen molar-refractivity contribution in [1.82, 2.24) is 10.3 Å². The second-order valence-electron chi connectivity index (χ2n) is 6.94. The van der Waals surface area contributed by atoms with Crippen molar-refractivity contribution in [2.24, 2.45) is 0 Å². The van der Waals surface area contributed by atoms with Gasteiger partial charge in [-0.1, -0.05) is 12.1 Å². The first kappa shape index (κ1) is 22.1. The van der Waals surface area contributed by atoms with Gasteiger partial charge < -0.3 is 9.47 Å². The third-order valence-electron chi connectivity index (χ3n) is 4.78. The summed E-state index contributed by atoms with van der Waals surface area (Å²) in [7, 11) is 1.49. The number of nitrogens with zero attached hydrogens (tertiary/aromatic N) is 3. The van der Waals surface area contributed by atoms with Gasteiger partial charge in [0.1, 0.15) is 23.3 Å². The highest BCUT2D eigenvalue weighted by atomic mass is 16.6. The van der Waals surface area contributed by atoms with E-state index in [1.165, 1.54) is 37.5 Å². The molecule has 3 aromatic rings. The molecular formula is C23H16N4O7. The predicted molar refractivity (Wildman–Crippen MR) is 119 cm³/mol. The molecule has 34 heavy (non-hydrogen) atoms. The number of ether oxygens (including phenoxy) is 2. The van der Waals surface area contributed by atoms with Crippen LogP contribution in [-0.4, -0.2) is 34.9 Å². The van der Waals surface area contributed by atoms with Gasteiger partial charge in [0, 0.05) is 12.1 Å². The van der Waals surface area contributed by atoms with Crippen LogP contribution < -0.4 is 19.7 Å². The first-order valence-electron chi connectivity index (χ1n) is 9.79. The number of barbiturate groups is 1. The Morgan fingerprint density at radius 3 is 2.24 bits per heavy atom. The zero-order valence-electron chi connectivity index (χ0n) is 17.6. The second kappa shape index (κ2) is 9.20. The average molecular weight is 460 g/mol. The van der Waals surface area contributed by atoms with E-state index < -0.39 is 22.8 Å². The molecule has 4 amide bonds. The molecule has 0 unspecified atom stereocenters. The summed E-state index contributed by atoms with van der Waals surface area (Å²) in [4.78, 5) is 52.5. The largest absolute Gasteiger partial charge is 0.497 e. The van der Waals surface area contributed by atoms with Gasteiger partial charge in [-0.2, -0.15) is 0 Å². The first-order chi connectivity index (χ1) is 16.4. The van der Waals surface area contributed by atoms with Crippen molar-refractivity contribution in [2.45, 2.75) is 0 Å². The van der Waals surface area contributed by atoms with Crippen LogP contribution in [0.4, 0.5) is 16.2 Å². The first-order valence-corrected chi connectivity index (χ1v) is 9.79. The lowest BCUT2D eigenvalue weighted by Crippen LogP contribution is -2.54. The van der Waals surface area contributed by atoms with E-state index in [4.69, 9.17) is 9.47 Å². The topological polar surface area (TPSA) is 141 Å². The van der Waals surface area contributed by atoms with Crippen molar-refractivity contribution >= 4 is 35.3 Å².